The molecular formula is C19H27NO5S2. The molecule has 0 aromatic carbocycles. The number of thiophene rings is 1. The lowest BCUT2D eigenvalue weighted by molar-refractivity contribution is -0.143. The van der Waals surface area contributed by atoms with Crippen molar-refractivity contribution in [3.8, 4) is 0 Å². The summed E-state index contributed by atoms with van der Waals surface area (Å²) in [6.45, 7) is 0.0703. The van der Waals surface area contributed by atoms with Gasteiger partial charge < -0.3 is 4.74 Å². The van der Waals surface area contributed by atoms with E-state index in [9.17, 15) is 18.0 Å². The molecule has 2 fully saturated rings. The average molecular weight is 414 g/mol. The van der Waals surface area contributed by atoms with Crippen molar-refractivity contribution in [1.29, 1.82) is 0 Å². The number of rotatable bonds is 2. The third kappa shape index (κ3) is 4.78. The summed E-state index contributed by atoms with van der Waals surface area (Å²) < 4.78 is 31.9. The Balaban J connectivity index is 1.69. The van der Waals surface area contributed by atoms with E-state index in [1.165, 1.54) is 11.3 Å². The number of ether oxygens (including phenoxy) is 1. The lowest BCUT2D eigenvalue weighted by atomic mass is 10.0. The first-order chi connectivity index (χ1) is 13.0. The maximum atomic E-state index is 13.1. The van der Waals surface area contributed by atoms with Crippen LogP contribution in [0.5, 0.6) is 0 Å². The highest BCUT2D eigenvalue weighted by atomic mass is 32.2. The number of sulfone groups is 1. The fraction of sp³-hybridized carbons (Fsp3) is 0.684. The van der Waals surface area contributed by atoms with Gasteiger partial charge in [0.1, 0.15) is 14.9 Å². The number of carbonyl (C=O) groups is 2. The summed E-state index contributed by atoms with van der Waals surface area (Å²) in [6.07, 6.45) is 6.45. The van der Waals surface area contributed by atoms with Crippen LogP contribution < -0.4 is 5.32 Å². The van der Waals surface area contributed by atoms with Crippen LogP contribution in [0.1, 0.15) is 64.2 Å². The summed E-state index contributed by atoms with van der Waals surface area (Å²) in [6, 6.07) is 3.26. The summed E-state index contributed by atoms with van der Waals surface area (Å²) >= 11 is 1.22. The van der Waals surface area contributed by atoms with Crippen LogP contribution in [0.15, 0.2) is 21.7 Å². The van der Waals surface area contributed by atoms with Crippen molar-refractivity contribution in [2.45, 2.75) is 79.3 Å². The van der Waals surface area contributed by atoms with Gasteiger partial charge >= 0.3 is 5.97 Å². The molecule has 8 heteroatoms. The smallest absolute Gasteiger partial charge is 0.305 e. The van der Waals surface area contributed by atoms with E-state index in [1.807, 2.05) is 0 Å². The normalized spacial score (nSPS) is 29.0. The Morgan fingerprint density at radius 3 is 2.63 bits per heavy atom. The van der Waals surface area contributed by atoms with Gasteiger partial charge in [0.15, 0.2) is 0 Å². The van der Waals surface area contributed by atoms with E-state index in [-0.39, 0.29) is 37.2 Å². The Bertz CT molecular complexity index is 759. The molecule has 0 spiro atoms. The second-order valence-electron chi connectivity index (χ2n) is 7.34. The molecular weight excluding hydrogens is 386 g/mol. The van der Waals surface area contributed by atoms with Crippen molar-refractivity contribution in [2.24, 2.45) is 0 Å². The van der Waals surface area contributed by atoms with Gasteiger partial charge in [-0.15, -0.1) is 11.3 Å². The minimum Gasteiger partial charge on any atom is -0.466 e. The number of cyclic esters (lactones) is 1. The second-order valence-corrected chi connectivity index (χ2v) is 10.7. The molecule has 0 amide bonds. The quantitative estimate of drug-likeness (QED) is 0.590. The van der Waals surface area contributed by atoms with Crippen molar-refractivity contribution < 1.29 is 22.7 Å². The average Bonchev–Trinajstić information content (AvgIpc) is 3.06. The van der Waals surface area contributed by atoms with Gasteiger partial charge in [0.05, 0.1) is 6.61 Å². The van der Waals surface area contributed by atoms with Gasteiger partial charge in [-0.2, -0.15) is 0 Å². The van der Waals surface area contributed by atoms with Gasteiger partial charge in [-0.3, -0.25) is 14.9 Å². The molecule has 2 atom stereocenters. The fourth-order valence-electron chi connectivity index (χ4n) is 3.77. The Morgan fingerprint density at radius 2 is 1.85 bits per heavy atom. The van der Waals surface area contributed by atoms with Crippen LogP contribution in [0.4, 0.5) is 0 Å². The van der Waals surface area contributed by atoms with Gasteiger partial charge in [-0.1, -0.05) is 25.3 Å². The molecule has 1 aromatic rings. The first-order valence-corrected chi connectivity index (χ1v) is 12.1. The molecule has 6 nitrogen and oxygen atoms in total. The van der Waals surface area contributed by atoms with Crippen LogP contribution in [0.25, 0.3) is 0 Å². The van der Waals surface area contributed by atoms with Crippen LogP contribution in [-0.4, -0.2) is 37.7 Å². The highest BCUT2D eigenvalue weighted by molar-refractivity contribution is 7.95. The van der Waals surface area contributed by atoms with Gasteiger partial charge in [0.25, 0.3) is 0 Å². The predicted octanol–water partition coefficient (Wildman–Crippen LogP) is 3.22. The lowest BCUT2D eigenvalue weighted by Gasteiger charge is -2.16. The number of fused-ring (bicyclic) bond motifs is 1. The Morgan fingerprint density at radius 1 is 1.07 bits per heavy atom. The van der Waals surface area contributed by atoms with Crippen molar-refractivity contribution in [3.05, 3.63) is 17.5 Å². The number of esters is 1. The largest absolute Gasteiger partial charge is 0.466 e. The molecule has 0 saturated carbocycles. The van der Waals surface area contributed by atoms with E-state index in [2.05, 4.69) is 5.32 Å². The molecule has 3 heterocycles. The van der Waals surface area contributed by atoms with Crippen LogP contribution >= 0.6 is 11.3 Å². The molecule has 2 aliphatic heterocycles. The monoisotopic (exact) mass is 413 g/mol. The first-order valence-electron chi connectivity index (χ1n) is 9.69. The predicted molar refractivity (Wildman–Crippen MR) is 103 cm³/mol. The summed E-state index contributed by atoms with van der Waals surface area (Å²) in [5.74, 6) is -0.157. The maximum Gasteiger partial charge on any atom is 0.305 e. The Hall–Kier alpha value is -1.25. The molecule has 1 aromatic heterocycles. The molecule has 150 valence electrons. The minimum atomic E-state index is -3.52. The third-order valence-corrected chi connectivity index (χ3v) is 9.25. The molecule has 0 aliphatic carbocycles. The van der Waals surface area contributed by atoms with Gasteiger partial charge in [0, 0.05) is 31.7 Å². The fourth-order valence-corrected chi connectivity index (χ4v) is 7.09. The first kappa shape index (κ1) is 20.5. The van der Waals surface area contributed by atoms with Crippen LogP contribution in [0.2, 0.25) is 0 Å². The summed E-state index contributed by atoms with van der Waals surface area (Å²) in [5.41, 5.74) is 0. The van der Waals surface area contributed by atoms with Crippen molar-refractivity contribution >= 4 is 32.9 Å². The van der Waals surface area contributed by atoms with Gasteiger partial charge in [-0.25, -0.2) is 8.42 Å². The van der Waals surface area contributed by atoms with E-state index in [0.29, 0.717) is 23.5 Å². The number of hydrogen-bond acceptors (Lipinski definition) is 7. The van der Waals surface area contributed by atoms with E-state index in [4.69, 9.17) is 4.74 Å². The van der Waals surface area contributed by atoms with Crippen molar-refractivity contribution in [1.82, 2.24) is 5.32 Å². The van der Waals surface area contributed by atoms with E-state index < -0.39 is 14.7 Å². The van der Waals surface area contributed by atoms with E-state index >= 15 is 0 Å². The zero-order valence-corrected chi connectivity index (χ0v) is 17.1. The molecule has 0 bridgehead atoms. The summed E-state index contributed by atoms with van der Waals surface area (Å²) in [4.78, 5) is 22.6. The molecule has 3 rings (SSSR count). The SMILES string of the molecule is O=C1CCCCCCC2NC2(S(=O)(=O)c2cccs2)CCOC(=O)CCC1. The molecule has 2 saturated heterocycles. The van der Waals surface area contributed by atoms with Crippen molar-refractivity contribution in [3.63, 3.8) is 0 Å². The maximum absolute atomic E-state index is 13.1. The molecule has 2 unspecified atom stereocenters. The number of hydrogen-bond donors (Lipinski definition) is 1. The summed E-state index contributed by atoms with van der Waals surface area (Å²) in [5, 5.41) is 4.96. The topological polar surface area (TPSA) is 99.5 Å². The summed E-state index contributed by atoms with van der Waals surface area (Å²) in [7, 11) is -3.52. The Labute approximate surface area is 164 Å². The Kier molecular flexibility index (Phi) is 6.70. The van der Waals surface area contributed by atoms with Crippen LogP contribution in [-0.2, 0) is 24.2 Å². The van der Waals surface area contributed by atoms with E-state index in [1.54, 1.807) is 17.5 Å². The molecule has 1 N–H and O–H groups in total. The zero-order chi connectivity index (χ0) is 19.3. The van der Waals surface area contributed by atoms with Gasteiger partial charge in [0.2, 0.25) is 9.84 Å². The minimum absolute atomic E-state index is 0.0703. The van der Waals surface area contributed by atoms with Crippen LogP contribution in [0.3, 0.4) is 0 Å². The number of carbonyl (C=O) groups excluding carboxylic acids is 2. The van der Waals surface area contributed by atoms with E-state index in [0.717, 1.165) is 32.1 Å². The highest BCUT2D eigenvalue weighted by Gasteiger charge is 2.63. The molecule has 27 heavy (non-hydrogen) atoms. The number of Topliss-reactive ketones (excluding diaryl/α,β-unsaturated/α-hetero) is 1. The van der Waals surface area contributed by atoms with Crippen molar-refractivity contribution in [2.75, 3.05) is 6.61 Å². The van der Waals surface area contributed by atoms with Gasteiger partial charge in [-0.05, 0) is 30.7 Å². The third-order valence-electron chi connectivity index (χ3n) is 5.41. The number of nitrogens with one attached hydrogen (secondary N) is 1. The zero-order valence-electron chi connectivity index (χ0n) is 15.4. The van der Waals surface area contributed by atoms with Crippen LogP contribution in [0, 0.1) is 0 Å². The number of ketones is 1. The second kappa shape index (κ2) is 8.84. The molecule has 0 radical (unpaired) electrons. The lowest BCUT2D eigenvalue weighted by Crippen LogP contribution is -2.31. The highest BCUT2D eigenvalue weighted by Crippen LogP contribution is 2.44. The molecule has 2 aliphatic rings. The standard InChI is InChI=1S/C19H27NO5S2/c21-15-7-3-1-2-4-9-16-19(20-16,12-13-25-17(22)10-5-8-15)27(23,24)18-11-6-14-26-18/h6,11,14,16,20H,1-5,7-10,12-13H2.